The fourth-order valence-corrected chi connectivity index (χ4v) is 7.97. The van der Waals surface area contributed by atoms with Crippen LogP contribution in [-0.2, 0) is 19.5 Å². The van der Waals surface area contributed by atoms with Crippen molar-refractivity contribution in [1.82, 2.24) is 36.6 Å². The van der Waals surface area contributed by atoms with Crippen molar-refractivity contribution in [2.24, 2.45) is 11.8 Å². The van der Waals surface area contributed by atoms with E-state index >= 15 is 0 Å². The van der Waals surface area contributed by atoms with E-state index in [9.17, 15) is 8.42 Å². The second kappa shape index (κ2) is 9.68. The molecule has 0 aromatic heterocycles. The van der Waals surface area contributed by atoms with Crippen LogP contribution in [0.15, 0.2) is 0 Å². The van der Waals surface area contributed by atoms with Crippen LogP contribution >= 0.6 is 0 Å². The summed E-state index contributed by atoms with van der Waals surface area (Å²) in [4.78, 5) is 0. The van der Waals surface area contributed by atoms with E-state index < -0.39 is 15.3 Å². The third-order valence-corrected chi connectivity index (χ3v) is 10.1. The highest BCUT2D eigenvalue weighted by Crippen LogP contribution is 2.29. The third-order valence-electron chi connectivity index (χ3n) is 8.17. The molecule has 5 saturated heterocycles. The molecule has 5 fully saturated rings. The van der Waals surface area contributed by atoms with Crippen LogP contribution in [0.2, 0.25) is 0 Å². The summed E-state index contributed by atoms with van der Waals surface area (Å²) in [5.41, 5.74) is 10.2. The molecule has 5 heterocycles. The number of rotatable bonds is 5. The Kier molecular flexibility index (Phi) is 7.06. The van der Waals surface area contributed by atoms with Gasteiger partial charge in [-0.15, -0.1) is 0 Å². The van der Waals surface area contributed by atoms with Gasteiger partial charge in [0.1, 0.15) is 6.23 Å². The normalized spacial score (nSPS) is 45.9. The van der Waals surface area contributed by atoms with Crippen LogP contribution in [0.1, 0.15) is 25.7 Å². The summed E-state index contributed by atoms with van der Waals surface area (Å²) in [7, 11) is 0.0908. The largest absolute Gasteiger partial charge is 0.381 e. The Labute approximate surface area is 191 Å². The van der Waals surface area contributed by atoms with Crippen LogP contribution in [0.5, 0.6) is 0 Å². The molecule has 0 saturated carbocycles. The van der Waals surface area contributed by atoms with Gasteiger partial charge in [-0.05, 0) is 25.7 Å². The highest BCUT2D eigenvalue weighted by molar-refractivity contribution is 7.90. The minimum atomic E-state index is -3.51. The number of ether oxygens (including phenoxy) is 2. The van der Waals surface area contributed by atoms with Gasteiger partial charge in [-0.3, -0.25) is 21.6 Å². The summed E-state index contributed by atoms with van der Waals surface area (Å²) < 4.78 is 41.2. The quantitative estimate of drug-likeness (QED) is 0.259. The van der Waals surface area contributed by atoms with E-state index in [0.717, 1.165) is 45.6 Å². The van der Waals surface area contributed by atoms with Crippen molar-refractivity contribution in [2.75, 3.05) is 47.0 Å². The lowest BCUT2D eigenvalue weighted by Gasteiger charge is -2.42. The van der Waals surface area contributed by atoms with Gasteiger partial charge in [-0.2, -0.15) is 0 Å². The van der Waals surface area contributed by atoms with Gasteiger partial charge < -0.3 is 14.8 Å². The molecular formula is C20H39N7O4S. The lowest BCUT2D eigenvalue weighted by atomic mass is 9.85. The average molecular weight is 474 g/mol. The molecule has 5 aliphatic rings. The van der Waals surface area contributed by atoms with E-state index in [-0.39, 0.29) is 30.4 Å². The molecule has 5 aliphatic heterocycles. The zero-order valence-electron chi connectivity index (χ0n) is 19.0. The number of nitrogens with zero attached hydrogens (tertiary/aromatic N) is 1. The number of piperidine rings is 2. The van der Waals surface area contributed by atoms with Crippen LogP contribution in [0, 0.1) is 11.8 Å². The van der Waals surface area contributed by atoms with E-state index in [4.69, 9.17) is 9.47 Å². The van der Waals surface area contributed by atoms with E-state index in [1.165, 1.54) is 0 Å². The number of fused-ring (bicyclic) bond motifs is 2. The summed E-state index contributed by atoms with van der Waals surface area (Å²) in [6.07, 6.45) is 3.31. The monoisotopic (exact) mass is 473 g/mol. The molecule has 184 valence electrons. The maximum atomic E-state index is 13.4. The highest BCUT2D eigenvalue weighted by atomic mass is 32.2. The number of hydrogen-bond donors (Lipinski definition) is 6. The van der Waals surface area contributed by atoms with E-state index in [1.54, 1.807) is 7.11 Å². The minimum absolute atomic E-state index is 0.0567. The van der Waals surface area contributed by atoms with Crippen molar-refractivity contribution in [3.63, 3.8) is 0 Å². The van der Waals surface area contributed by atoms with E-state index in [0.29, 0.717) is 30.8 Å². The predicted molar refractivity (Wildman–Crippen MR) is 120 cm³/mol. The van der Waals surface area contributed by atoms with Crippen LogP contribution in [0.4, 0.5) is 0 Å². The van der Waals surface area contributed by atoms with Gasteiger partial charge in [0.2, 0.25) is 10.0 Å². The summed E-state index contributed by atoms with van der Waals surface area (Å²) in [6.45, 7) is 3.68. The first kappa shape index (κ1) is 23.3. The van der Waals surface area contributed by atoms with Crippen LogP contribution in [0.3, 0.4) is 0 Å². The zero-order chi connectivity index (χ0) is 22.3. The molecule has 0 aromatic carbocycles. The third kappa shape index (κ3) is 4.47. The van der Waals surface area contributed by atoms with Gasteiger partial charge >= 0.3 is 0 Å². The summed E-state index contributed by atoms with van der Waals surface area (Å²) in [6, 6.07) is 0.645. The van der Waals surface area contributed by atoms with Gasteiger partial charge in [0.05, 0.1) is 17.9 Å². The smallest absolute Gasteiger partial charge is 0.216 e. The molecule has 5 rings (SSSR count). The number of sulfonamides is 1. The Balaban J connectivity index is 1.21. The molecule has 0 spiro atoms. The van der Waals surface area contributed by atoms with E-state index in [2.05, 4.69) is 31.6 Å². The molecule has 0 amide bonds. The second-order valence-corrected chi connectivity index (χ2v) is 12.0. The SMILES string of the molecule is COC1NCC2CNN(C)C2C1NS(=O)(=O)C1CCC(C2NNC3CCCOCC32)NC1. The fourth-order valence-electron chi connectivity index (χ4n) is 6.37. The summed E-state index contributed by atoms with van der Waals surface area (Å²) in [5.74, 6) is 0.753. The van der Waals surface area contributed by atoms with Crippen molar-refractivity contribution in [3.05, 3.63) is 0 Å². The first-order chi connectivity index (χ1) is 15.5. The van der Waals surface area contributed by atoms with Gasteiger partial charge in [-0.25, -0.2) is 18.1 Å². The highest BCUT2D eigenvalue weighted by Gasteiger charge is 2.48. The molecule has 32 heavy (non-hydrogen) atoms. The van der Waals surface area contributed by atoms with Crippen molar-refractivity contribution in [1.29, 1.82) is 0 Å². The Hall–Kier alpha value is -0.410. The Morgan fingerprint density at radius 1 is 1.06 bits per heavy atom. The Bertz CT molecular complexity index is 750. The number of methoxy groups -OCH3 is 1. The van der Waals surface area contributed by atoms with Crippen LogP contribution in [-0.4, -0.2) is 102 Å². The molecular weight excluding hydrogens is 434 g/mol. The Morgan fingerprint density at radius 3 is 2.72 bits per heavy atom. The first-order valence-corrected chi connectivity index (χ1v) is 13.6. The maximum Gasteiger partial charge on any atom is 0.216 e. The average Bonchev–Trinajstić information content (AvgIpc) is 3.29. The molecule has 0 aliphatic carbocycles. The summed E-state index contributed by atoms with van der Waals surface area (Å²) in [5, 5.41) is 8.47. The van der Waals surface area contributed by atoms with Crippen molar-refractivity contribution in [3.8, 4) is 0 Å². The topological polar surface area (TPSA) is 128 Å². The molecule has 9 unspecified atom stereocenters. The van der Waals surface area contributed by atoms with Crippen molar-refractivity contribution in [2.45, 2.75) is 67.4 Å². The zero-order valence-corrected chi connectivity index (χ0v) is 19.9. The number of hydrazine groups is 2. The van der Waals surface area contributed by atoms with Gasteiger partial charge in [0.15, 0.2) is 0 Å². The van der Waals surface area contributed by atoms with Crippen molar-refractivity contribution < 1.29 is 17.9 Å². The van der Waals surface area contributed by atoms with Gasteiger partial charge in [0.25, 0.3) is 0 Å². The maximum absolute atomic E-state index is 13.4. The van der Waals surface area contributed by atoms with Crippen LogP contribution in [0.25, 0.3) is 0 Å². The molecule has 9 atom stereocenters. The minimum Gasteiger partial charge on any atom is -0.381 e. The number of likely N-dealkylation sites (N-methyl/N-ethyl adjacent to an activating group) is 1. The molecule has 0 aromatic rings. The molecule has 0 radical (unpaired) electrons. The summed E-state index contributed by atoms with van der Waals surface area (Å²) >= 11 is 0. The van der Waals surface area contributed by atoms with Crippen molar-refractivity contribution >= 4 is 10.0 Å². The Morgan fingerprint density at radius 2 is 1.94 bits per heavy atom. The predicted octanol–water partition coefficient (Wildman–Crippen LogP) is -2.32. The van der Waals surface area contributed by atoms with Crippen LogP contribution < -0.4 is 31.6 Å². The van der Waals surface area contributed by atoms with Gasteiger partial charge in [-0.1, -0.05) is 0 Å². The first-order valence-electron chi connectivity index (χ1n) is 12.0. The number of nitrogens with one attached hydrogen (secondary N) is 6. The molecule has 6 N–H and O–H groups in total. The van der Waals surface area contributed by atoms with Gasteiger partial charge in [0, 0.05) is 76.4 Å². The standard InChI is InChI=1S/C20H39N7O4S/c1-27-19-12(9-23-27)8-22-20(30-2)18(19)26-32(28,29)13-5-6-16(21-10-13)17-14-11-31-7-3-4-15(14)24-25-17/h12-26H,3-11H2,1-2H3. The molecule has 11 nitrogen and oxygen atoms in total. The fraction of sp³-hybridized carbons (Fsp3) is 1.00. The van der Waals surface area contributed by atoms with E-state index in [1.807, 2.05) is 12.1 Å². The number of hydrogen-bond acceptors (Lipinski definition) is 10. The lowest BCUT2D eigenvalue weighted by molar-refractivity contribution is -0.0106. The lowest BCUT2D eigenvalue weighted by Crippen LogP contribution is -2.67. The molecule has 0 bridgehead atoms. The second-order valence-electron chi connectivity index (χ2n) is 9.99. The molecule has 12 heteroatoms.